The lowest BCUT2D eigenvalue weighted by Crippen LogP contribution is -2.39. The molecule has 0 atom stereocenters. The van der Waals surface area contributed by atoms with Crippen LogP contribution in [0.1, 0.15) is 34.2 Å². The number of amides is 1. The molecular weight excluding hydrogens is 222 g/mol. The summed E-state index contributed by atoms with van der Waals surface area (Å²) in [5.41, 5.74) is 6.49. The van der Waals surface area contributed by atoms with Crippen LogP contribution in [0.25, 0.3) is 0 Å². The zero-order valence-corrected chi connectivity index (χ0v) is 10.5. The third-order valence-electron chi connectivity index (χ3n) is 2.60. The first-order chi connectivity index (χ1) is 7.61. The highest BCUT2D eigenvalue weighted by Crippen LogP contribution is 2.25. The number of carbonyl (C=O) groups excluding carboxylic acids is 1. The van der Waals surface area contributed by atoms with Gasteiger partial charge in [0.1, 0.15) is 9.88 Å². The fraction of sp³-hybridized carbons (Fsp3) is 0.636. The molecule has 2 rings (SSSR count). The third-order valence-corrected chi connectivity index (χ3v) is 3.71. The maximum Gasteiger partial charge on any atom is 0.265 e. The summed E-state index contributed by atoms with van der Waals surface area (Å²) < 4.78 is 0. The molecule has 2 heterocycles. The van der Waals surface area contributed by atoms with Crippen molar-refractivity contribution in [3.8, 4) is 0 Å². The van der Waals surface area contributed by atoms with Gasteiger partial charge in [-0.3, -0.25) is 4.79 Å². The number of nitrogens with two attached hydrogens (primary N) is 1. The average molecular weight is 239 g/mol. The molecule has 1 amide bonds. The van der Waals surface area contributed by atoms with Crippen LogP contribution in [0.2, 0.25) is 0 Å². The number of thiazole rings is 1. The van der Waals surface area contributed by atoms with Gasteiger partial charge in [0.15, 0.2) is 0 Å². The number of aromatic nitrogens is 1. The van der Waals surface area contributed by atoms with E-state index in [-0.39, 0.29) is 5.91 Å². The van der Waals surface area contributed by atoms with Gasteiger partial charge in [-0.25, -0.2) is 4.98 Å². The maximum absolute atomic E-state index is 12.1. The van der Waals surface area contributed by atoms with Crippen LogP contribution in [0, 0.1) is 5.92 Å². The van der Waals surface area contributed by atoms with Crippen LogP contribution in [-0.4, -0.2) is 28.9 Å². The molecule has 0 spiro atoms. The summed E-state index contributed by atoms with van der Waals surface area (Å²) in [6.45, 7) is 6.29. The number of rotatable bonds is 3. The van der Waals surface area contributed by atoms with E-state index < -0.39 is 0 Å². The second-order valence-electron chi connectivity index (χ2n) is 4.48. The molecule has 1 aliphatic heterocycles. The van der Waals surface area contributed by atoms with Gasteiger partial charge >= 0.3 is 0 Å². The number of carbonyl (C=O) groups is 1. The predicted octanol–water partition coefficient (Wildman–Crippen LogP) is 1.26. The topological polar surface area (TPSA) is 59.2 Å². The van der Waals surface area contributed by atoms with E-state index >= 15 is 0 Å². The molecule has 1 aromatic rings. The second kappa shape index (κ2) is 4.51. The highest BCUT2D eigenvalue weighted by Gasteiger charge is 2.28. The predicted molar refractivity (Wildman–Crippen MR) is 64.5 cm³/mol. The summed E-state index contributed by atoms with van der Waals surface area (Å²) in [5.74, 6) is 0.638. The Morgan fingerprint density at radius 2 is 2.31 bits per heavy atom. The third kappa shape index (κ3) is 2.10. The molecule has 1 aliphatic rings. The minimum absolute atomic E-state index is 0.132. The van der Waals surface area contributed by atoms with Gasteiger partial charge < -0.3 is 10.6 Å². The standard InChI is InChI=1S/C11H17N3OS/c1-7(2)6-14-4-3-8-10(11(14)15)16-9(5-12)13-8/h7H,3-6,12H2,1-2H3. The van der Waals surface area contributed by atoms with Crippen molar-refractivity contribution in [1.82, 2.24) is 9.88 Å². The number of hydrogen-bond donors (Lipinski definition) is 1. The van der Waals surface area contributed by atoms with E-state index in [1.807, 2.05) is 4.90 Å². The molecule has 5 heteroatoms. The Labute approximate surface area is 99.5 Å². The summed E-state index contributed by atoms with van der Waals surface area (Å²) in [6, 6.07) is 0. The van der Waals surface area contributed by atoms with Crippen molar-refractivity contribution < 1.29 is 4.79 Å². The van der Waals surface area contributed by atoms with E-state index in [9.17, 15) is 4.79 Å². The molecule has 0 unspecified atom stereocenters. The monoisotopic (exact) mass is 239 g/mol. The average Bonchev–Trinajstić information content (AvgIpc) is 2.65. The molecule has 1 aromatic heterocycles. The zero-order valence-electron chi connectivity index (χ0n) is 9.69. The van der Waals surface area contributed by atoms with E-state index in [4.69, 9.17) is 5.73 Å². The molecular formula is C11H17N3OS. The molecule has 0 bridgehead atoms. The Kier molecular flexibility index (Phi) is 3.25. The zero-order chi connectivity index (χ0) is 11.7. The normalized spacial score (nSPS) is 15.8. The summed E-state index contributed by atoms with van der Waals surface area (Å²) in [5, 5.41) is 0.866. The Bertz CT molecular complexity index is 400. The molecule has 0 fully saturated rings. The van der Waals surface area contributed by atoms with Crippen molar-refractivity contribution in [2.24, 2.45) is 11.7 Å². The molecule has 4 nitrogen and oxygen atoms in total. The van der Waals surface area contributed by atoms with Gasteiger partial charge in [0, 0.05) is 26.1 Å². The number of hydrogen-bond acceptors (Lipinski definition) is 4. The maximum atomic E-state index is 12.1. The van der Waals surface area contributed by atoms with Crippen LogP contribution in [-0.2, 0) is 13.0 Å². The van der Waals surface area contributed by atoms with Gasteiger partial charge in [-0.15, -0.1) is 11.3 Å². The Hall–Kier alpha value is -0.940. The van der Waals surface area contributed by atoms with Crippen LogP contribution >= 0.6 is 11.3 Å². The van der Waals surface area contributed by atoms with Crippen LogP contribution in [0.4, 0.5) is 0 Å². The van der Waals surface area contributed by atoms with E-state index in [2.05, 4.69) is 18.8 Å². The van der Waals surface area contributed by atoms with Crippen molar-refractivity contribution in [3.05, 3.63) is 15.6 Å². The van der Waals surface area contributed by atoms with Gasteiger partial charge in [0.05, 0.1) is 5.69 Å². The van der Waals surface area contributed by atoms with Crippen molar-refractivity contribution in [1.29, 1.82) is 0 Å². The van der Waals surface area contributed by atoms with Crippen LogP contribution in [0.15, 0.2) is 0 Å². The highest BCUT2D eigenvalue weighted by molar-refractivity contribution is 7.13. The quantitative estimate of drug-likeness (QED) is 0.863. The Balaban J connectivity index is 2.21. The Morgan fingerprint density at radius 1 is 1.56 bits per heavy atom. The van der Waals surface area contributed by atoms with Crippen LogP contribution in [0.3, 0.4) is 0 Å². The fourth-order valence-electron chi connectivity index (χ4n) is 1.93. The van der Waals surface area contributed by atoms with Crippen LogP contribution < -0.4 is 5.73 Å². The largest absolute Gasteiger partial charge is 0.337 e. The smallest absolute Gasteiger partial charge is 0.265 e. The van der Waals surface area contributed by atoms with E-state index in [1.54, 1.807) is 0 Å². The molecule has 0 saturated heterocycles. The highest BCUT2D eigenvalue weighted by atomic mass is 32.1. The van der Waals surface area contributed by atoms with Crippen molar-refractivity contribution in [3.63, 3.8) is 0 Å². The second-order valence-corrected chi connectivity index (χ2v) is 5.57. The molecule has 2 N–H and O–H groups in total. The molecule has 0 radical (unpaired) electrons. The summed E-state index contributed by atoms with van der Waals surface area (Å²) in [4.78, 5) is 19.2. The Morgan fingerprint density at radius 3 is 2.94 bits per heavy atom. The number of fused-ring (bicyclic) bond motifs is 1. The molecule has 88 valence electrons. The van der Waals surface area contributed by atoms with Crippen molar-refractivity contribution >= 4 is 17.2 Å². The molecule has 0 aromatic carbocycles. The van der Waals surface area contributed by atoms with Gasteiger partial charge in [0.2, 0.25) is 0 Å². The van der Waals surface area contributed by atoms with Crippen molar-refractivity contribution in [2.75, 3.05) is 13.1 Å². The summed E-state index contributed by atoms with van der Waals surface area (Å²) >= 11 is 1.45. The summed E-state index contributed by atoms with van der Waals surface area (Å²) in [7, 11) is 0. The lowest BCUT2D eigenvalue weighted by molar-refractivity contribution is 0.0724. The van der Waals surface area contributed by atoms with Gasteiger partial charge in [-0.05, 0) is 5.92 Å². The van der Waals surface area contributed by atoms with Gasteiger partial charge in [0.25, 0.3) is 5.91 Å². The van der Waals surface area contributed by atoms with E-state index in [1.165, 1.54) is 11.3 Å². The first-order valence-electron chi connectivity index (χ1n) is 5.59. The van der Waals surface area contributed by atoms with E-state index in [0.717, 1.165) is 35.1 Å². The first-order valence-corrected chi connectivity index (χ1v) is 6.41. The number of nitrogens with zero attached hydrogens (tertiary/aromatic N) is 2. The molecule has 0 saturated carbocycles. The minimum atomic E-state index is 0.132. The molecule has 16 heavy (non-hydrogen) atoms. The minimum Gasteiger partial charge on any atom is -0.337 e. The van der Waals surface area contributed by atoms with Crippen molar-refractivity contribution in [2.45, 2.75) is 26.8 Å². The lowest BCUT2D eigenvalue weighted by Gasteiger charge is -2.27. The summed E-state index contributed by atoms with van der Waals surface area (Å²) in [6.07, 6.45) is 0.865. The van der Waals surface area contributed by atoms with Gasteiger partial charge in [-0.2, -0.15) is 0 Å². The first kappa shape index (κ1) is 11.5. The van der Waals surface area contributed by atoms with E-state index in [0.29, 0.717) is 12.5 Å². The van der Waals surface area contributed by atoms with Gasteiger partial charge in [-0.1, -0.05) is 13.8 Å². The lowest BCUT2D eigenvalue weighted by atomic mass is 10.1. The van der Waals surface area contributed by atoms with Crippen LogP contribution in [0.5, 0.6) is 0 Å². The SMILES string of the molecule is CC(C)CN1CCc2nc(CN)sc2C1=O. The fourth-order valence-corrected chi connectivity index (χ4v) is 2.88. The molecule has 0 aliphatic carbocycles.